The number of aryl methyl sites for hydroxylation is 3. The van der Waals surface area contributed by atoms with Gasteiger partial charge in [-0.05, 0) is 67.7 Å². The van der Waals surface area contributed by atoms with Gasteiger partial charge in [0.25, 0.3) is 5.91 Å². The van der Waals surface area contributed by atoms with Gasteiger partial charge in [0, 0.05) is 17.5 Å². The van der Waals surface area contributed by atoms with Crippen LogP contribution in [0.4, 0.5) is 0 Å². The monoisotopic (exact) mass is 339 g/mol. The van der Waals surface area contributed by atoms with Crippen LogP contribution < -0.4 is 0 Å². The summed E-state index contributed by atoms with van der Waals surface area (Å²) in [6.07, 6.45) is 7.79. The van der Waals surface area contributed by atoms with E-state index in [9.17, 15) is 4.79 Å². The summed E-state index contributed by atoms with van der Waals surface area (Å²) < 4.78 is 0. The Morgan fingerprint density at radius 1 is 1.17 bits per heavy atom. The molecule has 126 valence electrons. The zero-order valence-electron chi connectivity index (χ0n) is 14.4. The van der Waals surface area contributed by atoms with E-state index in [1.165, 1.54) is 28.0 Å². The van der Waals surface area contributed by atoms with Crippen LogP contribution in [0.15, 0.2) is 30.3 Å². The third-order valence-corrected chi connectivity index (χ3v) is 6.67. The van der Waals surface area contributed by atoms with Crippen LogP contribution in [0.1, 0.15) is 57.4 Å². The third-order valence-electron chi connectivity index (χ3n) is 5.44. The lowest BCUT2D eigenvalue weighted by Gasteiger charge is -2.35. The summed E-state index contributed by atoms with van der Waals surface area (Å²) in [6.45, 7) is 3.04. The van der Waals surface area contributed by atoms with E-state index in [4.69, 9.17) is 0 Å². The van der Waals surface area contributed by atoms with Gasteiger partial charge < -0.3 is 4.90 Å². The van der Waals surface area contributed by atoms with E-state index >= 15 is 0 Å². The molecule has 1 atom stereocenters. The molecule has 2 aliphatic carbocycles. The van der Waals surface area contributed by atoms with E-state index in [1.54, 1.807) is 11.3 Å². The highest BCUT2D eigenvalue weighted by Crippen LogP contribution is 2.33. The Morgan fingerprint density at radius 3 is 2.79 bits per heavy atom. The molecule has 0 saturated carbocycles. The smallest absolute Gasteiger partial charge is 0.264 e. The molecule has 2 nitrogen and oxygen atoms in total. The maximum absolute atomic E-state index is 13.2. The number of hydrogen-bond donors (Lipinski definition) is 0. The fourth-order valence-corrected chi connectivity index (χ4v) is 5.42. The van der Waals surface area contributed by atoms with Crippen LogP contribution in [-0.2, 0) is 25.7 Å². The molecule has 4 rings (SSSR count). The van der Waals surface area contributed by atoms with Crippen LogP contribution in [0.3, 0.4) is 0 Å². The number of thiophene rings is 1. The van der Waals surface area contributed by atoms with Crippen molar-refractivity contribution in [2.75, 3.05) is 6.54 Å². The van der Waals surface area contributed by atoms with Crippen LogP contribution in [0.2, 0.25) is 0 Å². The van der Waals surface area contributed by atoms with Gasteiger partial charge in [-0.25, -0.2) is 0 Å². The predicted molar refractivity (Wildman–Crippen MR) is 99.9 cm³/mol. The molecule has 24 heavy (non-hydrogen) atoms. The van der Waals surface area contributed by atoms with Gasteiger partial charge in [0.1, 0.15) is 0 Å². The second-order valence-corrected chi connectivity index (χ2v) is 8.21. The molecule has 0 unspecified atom stereocenters. The van der Waals surface area contributed by atoms with Gasteiger partial charge in [-0.15, -0.1) is 11.3 Å². The lowest BCUT2D eigenvalue weighted by Crippen LogP contribution is -2.43. The average molecular weight is 340 g/mol. The lowest BCUT2D eigenvalue weighted by atomic mass is 9.87. The number of fused-ring (bicyclic) bond motifs is 2. The first kappa shape index (κ1) is 15.9. The minimum atomic E-state index is 0.264. The highest BCUT2D eigenvalue weighted by molar-refractivity contribution is 7.14. The molecule has 0 bridgehead atoms. The summed E-state index contributed by atoms with van der Waals surface area (Å²) in [4.78, 5) is 17.8. The van der Waals surface area contributed by atoms with Crippen LogP contribution in [0.25, 0.3) is 0 Å². The van der Waals surface area contributed by atoms with Gasteiger partial charge in [-0.3, -0.25) is 4.79 Å². The highest BCUT2D eigenvalue weighted by Gasteiger charge is 2.29. The van der Waals surface area contributed by atoms with Crippen molar-refractivity contribution in [1.29, 1.82) is 0 Å². The maximum Gasteiger partial charge on any atom is 0.264 e. The summed E-state index contributed by atoms with van der Waals surface area (Å²) in [5, 5.41) is 0. The summed E-state index contributed by atoms with van der Waals surface area (Å²) >= 11 is 1.74. The number of nitrogens with zero attached hydrogens (tertiary/aromatic N) is 1. The molecule has 0 saturated heterocycles. The minimum Gasteiger partial charge on any atom is -0.335 e. The van der Waals surface area contributed by atoms with Crippen LogP contribution in [0.5, 0.6) is 0 Å². The second kappa shape index (κ2) is 6.72. The average Bonchev–Trinajstić information content (AvgIpc) is 3.20. The Hall–Kier alpha value is -1.61. The van der Waals surface area contributed by atoms with E-state index in [0.29, 0.717) is 6.04 Å². The number of hydrogen-bond acceptors (Lipinski definition) is 2. The Balaban J connectivity index is 1.56. The molecular weight excluding hydrogens is 314 g/mol. The van der Waals surface area contributed by atoms with Crippen molar-refractivity contribution in [3.05, 3.63) is 56.8 Å². The minimum absolute atomic E-state index is 0.264. The van der Waals surface area contributed by atoms with Gasteiger partial charge >= 0.3 is 0 Å². The molecule has 2 aromatic rings. The maximum atomic E-state index is 13.2. The fraction of sp³-hybridized carbons (Fsp3) is 0.476. The van der Waals surface area contributed by atoms with E-state index in [2.05, 4.69) is 42.2 Å². The summed E-state index contributed by atoms with van der Waals surface area (Å²) in [7, 11) is 0. The molecule has 1 aromatic heterocycles. The van der Waals surface area contributed by atoms with E-state index in [1.807, 2.05) is 0 Å². The Labute approximate surface area is 148 Å². The van der Waals surface area contributed by atoms with Crippen molar-refractivity contribution in [1.82, 2.24) is 4.90 Å². The summed E-state index contributed by atoms with van der Waals surface area (Å²) in [6, 6.07) is 11.2. The van der Waals surface area contributed by atoms with Crippen LogP contribution >= 0.6 is 11.3 Å². The number of rotatable bonds is 4. The Morgan fingerprint density at radius 2 is 2.00 bits per heavy atom. The first-order valence-corrected chi connectivity index (χ1v) is 10.1. The molecule has 0 aliphatic heterocycles. The molecule has 3 heteroatoms. The molecule has 0 N–H and O–H groups in total. The molecule has 2 aliphatic rings. The fourth-order valence-electron chi connectivity index (χ4n) is 4.21. The third kappa shape index (κ3) is 2.90. The number of benzene rings is 1. The highest BCUT2D eigenvalue weighted by atomic mass is 32.1. The molecule has 1 aromatic carbocycles. The van der Waals surface area contributed by atoms with Crippen molar-refractivity contribution in [2.24, 2.45) is 0 Å². The van der Waals surface area contributed by atoms with Gasteiger partial charge in [-0.2, -0.15) is 0 Å². The molecule has 0 radical (unpaired) electrons. The van der Waals surface area contributed by atoms with Crippen LogP contribution in [0, 0.1) is 0 Å². The predicted octanol–water partition coefficient (Wildman–Crippen LogP) is 4.65. The van der Waals surface area contributed by atoms with E-state index in [-0.39, 0.29) is 5.91 Å². The quantitative estimate of drug-likeness (QED) is 0.794. The Kier molecular flexibility index (Phi) is 4.45. The molecule has 0 fully saturated rings. The largest absolute Gasteiger partial charge is 0.335 e. The topological polar surface area (TPSA) is 20.3 Å². The van der Waals surface area contributed by atoms with Gasteiger partial charge in [0.05, 0.1) is 4.88 Å². The molecule has 1 heterocycles. The normalized spacial score (nSPS) is 19.0. The van der Waals surface area contributed by atoms with Crippen molar-refractivity contribution in [3.63, 3.8) is 0 Å². The number of carbonyl (C=O) groups excluding carboxylic acids is 1. The molecule has 0 spiro atoms. The van der Waals surface area contributed by atoms with Crippen molar-refractivity contribution in [3.8, 4) is 0 Å². The Bertz CT molecular complexity index is 727. The SMILES string of the molecule is CCCN(C(=O)c1cc2c(s1)CCC2)[C@H]1CCc2ccccc2C1. The number of amides is 1. The van der Waals surface area contributed by atoms with E-state index < -0.39 is 0 Å². The molecule has 1 amide bonds. The zero-order chi connectivity index (χ0) is 16.5. The first-order chi connectivity index (χ1) is 11.8. The van der Waals surface area contributed by atoms with Crippen LogP contribution in [-0.4, -0.2) is 23.4 Å². The summed E-state index contributed by atoms with van der Waals surface area (Å²) in [5.74, 6) is 0.264. The lowest BCUT2D eigenvalue weighted by molar-refractivity contribution is 0.0666. The van der Waals surface area contributed by atoms with Gasteiger partial charge in [0.2, 0.25) is 0 Å². The van der Waals surface area contributed by atoms with Crippen molar-refractivity contribution < 1.29 is 4.79 Å². The second-order valence-electron chi connectivity index (χ2n) is 7.08. The van der Waals surface area contributed by atoms with Crippen molar-refractivity contribution in [2.45, 2.75) is 57.9 Å². The van der Waals surface area contributed by atoms with Crippen molar-refractivity contribution >= 4 is 17.2 Å². The van der Waals surface area contributed by atoms with Gasteiger partial charge in [0.15, 0.2) is 0 Å². The number of carbonyl (C=O) groups is 1. The van der Waals surface area contributed by atoms with Gasteiger partial charge in [-0.1, -0.05) is 31.2 Å². The van der Waals surface area contributed by atoms with E-state index in [0.717, 1.165) is 49.9 Å². The molecular formula is C21H25NOS. The zero-order valence-corrected chi connectivity index (χ0v) is 15.2. The summed E-state index contributed by atoms with van der Waals surface area (Å²) in [5.41, 5.74) is 4.32. The first-order valence-electron chi connectivity index (χ1n) is 9.25. The standard InChI is InChI=1S/C21H25NOS/c1-2-12-22(18-11-10-15-6-3-4-7-16(15)13-18)21(23)20-14-17-8-5-9-19(17)24-20/h3-4,6-7,14,18H,2,5,8-13H2,1H3/t18-/m0/s1.